The van der Waals surface area contributed by atoms with Gasteiger partial charge >= 0.3 is 0 Å². The maximum Gasteiger partial charge on any atom is 0.119 e. The van der Waals surface area contributed by atoms with Crippen molar-refractivity contribution in [1.29, 1.82) is 5.26 Å². The van der Waals surface area contributed by atoms with Crippen LogP contribution in [-0.4, -0.2) is 6.61 Å². The lowest BCUT2D eigenvalue weighted by molar-refractivity contribution is 0.317. The summed E-state index contributed by atoms with van der Waals surface area (Å²) in [6.07, 6.45) is 2.73. The number of allylic oxidation sites excluding steroid dienone is 1. The van der Waals surface area contributed by atoms with Gasteiger partial charge in [0.05, 0.1) is 23.3 Å². The number of nitrogens with zero attached hydrogens (tertiary/aromatic N) is 1. The third-order valence-corrected chi connectivity index (χ3v) is 3.53. The Morgan fingerprint density at radius 3 is 2.73 bits per heavy atom. The van der Waals surface area contributed by atoms with Crippen LogP contribution in [0.3, 0.4) is 0 Å². The largest absolute Gasteiger partial charge is 0.494 e. The van der Waals surface area contributed by atoms with Gasteiger partial charge in [-0.2, -0.15) is 5.26 Å². The zero-order valence-electron chi connectivity index (χ0n) is 12.1. The molecule has 0 heterocycles. The molecule has 0 spiro atoms. The zero-order valence-corrected chi connectivity index (χ0v) is 13.7. The summed E-state index contributed by atoms with van der Waals surface area (Å²) in [5, 5.41) is 10.4. The lowest BCUT2D eigenvalue weighted by Gasteiger charge is -2.06. The number of hydrogen-bond donors (Lipinski definition) is 0. The maximum atomic E-state index is 9.40. The van der Waals surface area contributed by atoms with Crippen LogP contribution in [0.4, 0.5) is 0 Å². The number of nitriles is 1. The Labute approximate surface area is 140 Å². The number of rotatable bonds is 5. The summed E-state index contributed by atoms with van der Waals surface area (Å²) in [6, 6.07) is 14.9. The second-order valence-electron chi connectivity index (χ2n) is 4.71. The summed E-state index contributed by atoms with van der Waals surface area (Å²) in [4.78, 5) is 0. The molecular formula is C18H15Cl2NO. The first-order valence-corrected chi connectivity index (χ1v) is 7.69. The number of ether oxygens (including phenoxy) is 1. The van der Waals surface area contributed by atoms with E-state index in [1.807, 2.05) is 24.3 Å². The average molecular weight is 332 g/mol. The van der Waals surface area contributed by atoms with Gasteiger partial charge in [0.25, 0.3) is 0 Å². The normalized spacial score (nSPS) is 11.1. The van der Waals surface area contributed by atoms with E-state index in [2.05, 4.69) is 13.0 Å². The van der Waals surface area contributed by atoms with Gasteiger partial charge in [0.1, 0.15) is 5.75 Å². The van der Waals surface area contributed by atoms with E-state index in [9.17, 15) is 5.26 Å². The van der Waals surface area contributed by atoms with Gasteiger partial charge in [0, 0.05) is 10.6 Å². The first kappa shape index (κ1) is 16.4. The summed E-state index contributed by atoms with van der Waals surface area (Å²) in [7, 11) is 0. The molecule has 0 fully saturated rings. The molecule has 0 aliphatic rings. The van der Waals surface area contributed by atoms with Crippen LogP contribution in [0.25, 0.3) is 11.6 Å². The van der Waals surface area contributed by atoms with Crippen molar-refractivity contribution in [2.24, 2.45) is 0 Å². The Morgan fingerprint density at radius 1 is 1.23 bits per heavy atom. The highest BCUT2D eigenvalue weighted by molar-refractivity contribution is 6.36. The molecule has 0 saturated heterocycles. The van der Waals surface area contributed by atoms with Crippen molar-refractivity contribution in [1.82, 2.24) is 0 Å². The van der Waals surface area contributed by atoms with Crippen LogP contribution in [-0.2, 0) is 0 Å². The summed E-state index contributed by atoms with van der Waals surface area (Å²) in [5.41, 5.74) is 2.03. The summed E-state index contributed by atoms with van der Waals surface area (Å²) >= 11 is 12.1. The lowest BCUT2D eigenvalue weighted by atomic mass is 10.0. The fourth-order valence-corrected chi connectivity index (χ4v) is 2.47. The molecule has 0 unspecified atom stereocenters. The van der Waals surface area contributed by atoms with Gasteiger partial charge in [-0.3, -0.25) is 0 Å². The van der Waals surface area contributed by atoms with E-state index in [0.29, 0.717) is 27.8 Å². The van der Waals surface area contributed by atoms with Gasteiger partial charge < -0.3 is 4.74 Å². The topological polar surface area (TPSA) is 33.0 Å². The van der Waals surface area contributed by atoms with Gasteiger partial charge in [0.2, 0.25) is 0 Å². The predicted octanol–water partition coefficient (Wildman–Crippen LogP) is 5.85. The molecule has 0 atom stereocenters. The van der Waals surface area contributed by atoms with E-state index in [0.717, 1.165) is 17.7 Å². The molecule has 0 aromatic heterocycles. The molecule has 0 aliphatic carbocycles. The Bertz CT molecular complexity index is 732. The molecule has 0 aliphatic heterocycles. The number of hydrogen-bond acceptors (Lipinski definition) is 2. The standard InChI is InChI=1S/C18H15Cl2NO/c1-2-8-22-16-5-3-4-13(10-16)9-14(12-21)17-7-6-15(19)11-18(17)20/h3-7,9-11H,2,8H2,1H3/b14-9+. The Kier molecular flexibility index (Phi) is 5.89. The molecule has 0 saturated carbocycles. The maximum absolute atomic E-state index is 9.40. The molecule has 2 aromatic rings. The van der Waals surface area contributed by atoms with Crippen molar-refractivity contribution in [3.63, 3.8) is 0 Å². The quantitative estimate of drug-likeness (QED) is 0.508. The second kappa shape index (κ2) is 7.89. The van der Waals surface area contributed by atoms with E-state index >= 15 is 0 Å². The monoisotopic (exact) mass is 331 g/mol. The van der Waals surface area contributed by atoms with Crippen molar-refractivity contribution < 1.29 is 4.74 Å². The van der Waals surface area contributed by atoms with Crippen molar-refractivity contribution in [3.8, 4) is 11.8 Å². The minimum atomic E-state index is 0.457. The molecule has 2 rings (SSSR count). The minimum absolute atomic E-state index is 0.457. The average Bonchev–Trinajstić information content (AvgIpc) is 2.51. The first-order chi connectivity index (χ1) is 10.6. The highest BCUT2D eigenvalue weighted by Crippen LogP contribution is 2.28. The smallest absolute Gasteiger partial charge is 0.119 e. The number of halogens is 2. The predicted molar refractivity (Wildman–Crippen MR) is 92.2 cm³/mol. The third kappa shape index (κ3) is 4.27. The van der Waals surface area contributed by atoms with Crippen LogP contribution in [0.5, 0.6) is 5.75 Å². The van der Waals surface area contributed by atoms with Gasteiger partial charge in [0.15, 0.2) is 0 Å². The lowest BCUT2D eigenvalue weighted by Crippen LogP contribution is -1.94. The highest BCUT2D eigenvalue weighted by atomic mass is 35.5. The van der Waals surface area contributed by atoms with E-state index in [1.165, 1.54) is 0 Å². The molecule has 0 N–H and O–H groups in total. The van der Waals surface area contributed by atoms with E-state index < -0.39 is 0 Å². The van der Waals surface area contributed by atoms with Gasteiger partial charge in [-0.25, -0.2) is 0 Å². The van der Waals surface area contributed by atoms with Crippen LogP contribution in [0.1, 0.15) is 24.5 Å². The molecular weight excluding hydrogens is 317 g/mol. The van der Waals surface area contributed by atoms with E-state index in [4.69, 9.17) is 27.9 Å². The SMILES string of the molecule is CCCOc1cccc(/C=C(\C#N)c2ccc(Cl)cc2Cl)c1. The Balaban J connectivity index is 2.35. The van der Waals surface area contributed by atoms with Crippen LogP contribution < -0.4 is 4.74 Å². The fourth-order valence-electron chi connectivity index (χ4n) is 1.96. The van der Waals surface area contributed by atoms with Crippen LogP contribution in [0.2, 0.25) is 10.0 Å². The van der Waals surface area contributed by atoms with Crippen LogP contribution in [0, 0.1) is 11.3 Å². The van der Waals surface area contributed by atoms with Crippen molar-refractivity contribution in [3.05, 3.63) is 63.6 Å². The van der Waals surface area contributed by atoms with E-state index in [-0.39, 0.29) is 0 Å². The summed E-state index contributed by atoms with van der Waals surface area (Å²) in [5.74, 6) is 0.787. The van der Waals surface area contributed by atoms with Crippen molar-refractivity contribution >= 4 is 34.9 Å². The molecule has 0 bridgehead atoms. The summed E-state index contributed by atoms with van der Waals surface area (Å²) in [6.45, 7) is 2.72. The Hall–Kier alpha value is -1.95. The van der Waals surface area contributed by atoms with Gasteiger partial charge in [-0.15, -0.1) is 0 Å². The van der Waals surface area contributed by atoms with E-state index in [1.54, 1.807) is 24.3 Å². The van der Waals surface area contributed by atoms with Crippen LogP contribution in [0.15, 0.2) is 42.5 Å². The summed E-state index contributed by atoms with van der Waals surface area (Å²) < 4.78 is 5.60. The molecule has 2 nitrogen and oxygen atoms in total. The first-order valence-electron chi connectivity index (χ1n) is 6.94. The van der Waals surface area contributed by atoms with Gasteiger partial charge in [-0.1, -0.05) is 48.3 Å². The Morgan fingerprint density at radius 2 is 2.05 bits per heavy atom. The third-order valence-electron chi connectivity index (χ3n) is 2.98. The minimum Gasteiger partial charge on any atom is -0.494 e. The molecule has 22 heavy (non-hydrogen) atoms. The zero-order chi connectivity index (χ0) is 15.9. The van der Waals surface area contributed by atoms with Crippen molar-refractivity contribution in [2.75, 3.05) is 6.61 Å². The van der Waals surface area contributed by atoms with Crippen LogP contribution >= 0.6 is 23.2 Å². The molecule has 2 aromatic carbocycles. The second-order valence-corrected chi connectivity index (χ2v) is 5.56. The van der Waals surface area contributed by atoms with Gasteiger partial charge in [-0.05, 0) is 42.3 Å². The molecule has 4 heteroatoms. The highest BCUT2D eigenvalue weighted by Gasteiger charge is 2.07. The fraction of sp³-hybridized carbons (Fsp3) is 0.167. The molecule has 0 radical (unpaired) electrons. The molecule has 112 valence electrons. The van der Waals surface area contributed by atoms with Crippen molar-refractivity contribution in [2.45, 2.75) is 13.3 Å². The number of benzene rings is 2. The molecule has 0 amide bonds.